The lowest BCUT2D eigenvalue weighted by Crippen LogP contribution is -2.51. The van der Waals surface area contributed by atoms with E-state index in [0.717, 1.165) is 47.7 Å². The first-order chi connectivity index (χ1) is 13.6. The Morgan fingerprint density at radius 1 is 1.14 bits per heavy atom. The third kappa shape index (κ3) is 2.99. The molecule has 2 aliphatic heterocycles. The first-order valence-corrected chi connectivity index (χ1v) is 9.68. The van der Waals surface area contributed by atoms with Crippen LogP contribution >= 0.6 is 0 Å². The highest BCUT2D eigenvalue weighted by Crippen LogP contribution is 2.35. The summed E-state index contributed by atoms with van der Waals surface area (Å²) >= 11 is 0. The van der Waals surface area contributed by atoms with E-state index in [1.54, 1.807) is 4.68 Å². The first kappa shape index (κ1) is 17.1. The van der Waals surface area contributed by atoms with Gasteiger partial charge in [0.1, 0.15) is 0 Å². The highest BCUT2D eigenvalue weighted by Gasteiger charge is 2.42. The summed E-state index contributed by atoms with van der Waals surface area (Å²) in [4.78, 5) is 14.8. The molecule has 2 fully saturated rings. The number of hydrogen-bond acceptors (Lipinski definition) is 5. The largest absolute Gasteiger partial charge is 0.328 e. The number of rotatable bonds is 2. The maximum atomic E-state index is 12.9. The van der Waals surface area contributed by atoms with Gasteiger partial charge < -0.3 is 10.6 Å². The lowest BCUT2D eigenvalue weighted by Gasteiger charge is -2.37. The van der Waals surface area contributed by atoms with E-state index >= 15 is 0 Å². The van der Waals surface area contributed by atoms with Crippen molar-refractivity contribution in [1.29, 1.82) is 0 Å². The zero-order valence-electron chi connectivity index (χ0n) is 15.7. The zero-order chi connectivity index (χ0) is 19.3. The van der Waals surface area contributed by atoms with E-state index in [4.69, 9.17) is 5.73 Å². The molecule has 8 nitrogen and oxygen atoms in total. The summed E-state index contributed by atoms with van der Waals surface area (Å²) in [6.45, 7) is 0. The number of anilines is 1. The van der Waals surface area contributed by atoms with Crippen LogP contribution in [0.15, 0.2) is 36.7 Å². The summed E-state index contributed by atoms with van der Waals surface area (Å²) in [7, 11) is 1.89. The van der Waals surface area contributed by atoms with Crippen LogP contribution in [0.1, 0.15) is 25.7 Å². The lowest BCUT2D eigenvalue weighted by molar-refractivity contribution is 0.150. The predicted molar refractivity (Wildman–Crippen MR) is 107 cm³/mol. The van der Waals surface area contributed by atoms with Gasteiger partial charge in [-0.3, -0.25) is 10.00 Å². The van der Waals surface area contributed by atoms with Gasteiger partial charge in [0.05, 0.1) is 11.7 Å². The molecule has 2 saturated heterocycles. The maximum Gasteiger partial charge on any atom is 0.323 e. The molecule has 8 heteroatoms. The molecule has 1 aromatic carbocycles. The molecule has 0 unspecified atom stereocenters. The third-order valence-electron chi connectivity index (χ3n) is 5.86. The van der Waals surface area contributed by atoms with E-state index in [-0.39, 0.29) is 24.2 Å². The SMILES string of the molecule is Cn1cc(-c2ccc3nnc(NC(=O)N4[C@@H]5CC[C@H]4C[C@@H](N)C5)cc3c2)cn1. The van der Waals surface area contributed by atoms with Crippen LogP contribution in [0, 0.1) is 0 Å². The second kappa shape index (κ2) is 6.56. The van der Waals surface area contributed by atoms with Gasteiger partial charge >= 0.3 is 6.03 Å². The Hall–Kier alpha value is -3.00. The standard InChI is InChI=1S/C20H23N7O/c1-26-11-14(10-22-26)12-2-5-18-13(6-12)7-19(25-24-18)23-20(28)27-16-3-4-17(27)9-15(21)8-16/h2,5-7,10-11,15-17H,3-4,8-9,21H2,1H3,(H,23,25,28)/t15-,16+,17-. The number of fused-ring (bicyclic) bond motifs is 3. The van der Waals surface area contributed by atoms with Crippen molar-refractivity contribution in [2.75, 3.05) is 5.32 Å². The number of amides is 2. The van der Waals surface area contributed by atoms with Gasteiger partial charge in [-0.05, 0) is 49.4 Å². The topological polar surface area (TPSA) is 102 Å². The van der Waals surface area contributed by atoms with Crippen LogP contribution in [0.4, 0.5) is 10.6 Å². The highest BCUT2D eigenvalue weighted by atomic mass is 16.2. The number of urea groups is 1. The Labute approximate surface area is 162 Å². The van der Waals surface area contributed by atoms with Crippen molar-refractivity contribution in [3.63, 3.8) is 0 Å². The molecular weight excluding hydrogens is 354 g/mol. The van der Waals surface area contributed by atoms with Gasteiger partial charge in [0.25, 0.3) is 0 Å². The molecule has 4 heterocycles. The molecular formula is C20H23N7O. The molecule has 0 aliphatic carbocycles. The molecule has 0 spiro atoms. The van der Waals surface area contributed by atoms with Crippen LogP contribution in [0.3, 0.4) is 0 Å². The van der Waals surface area contributed by atoms with Crippen molar-refractivity contribution in [1.82, 2.24) is 24.9 Å². The van der Waals surface area contributed by atoms with Crippen LogP contribution in [0.5, 0.6) is 0 Å². The minimum atomic E-state index is -0.100. The Morgan fingerprint density at radius 2 is 1.93 bits per heavy atom. The van der Waals surface area contributed by atoms with Gasteiger partial charge in [-0.2, -0.15) is 5.10 Å². The van der Waals surface area contributed by atoms with Gasteiger partial charge in [-0.1, -0.05) is 6.07 Å². The van der Waals surface area contributed by atoms with E-state index < -0.39 is 0 Å². The number of nitrogens with zero attached hydrogens (tertiary/aromatic N) is 5. The molecule has 2 aromatic heterocycles. The Morgan fingerprint density at radius 3 is 2.64 bits per heavy atom. The van der Waals surface area contributed by atoms with Gasteiger partial charge in [0, 0.05) is 42.3 Å². The number of piperidine rings is 1. The quantitative estimate of drug-likeness (QED) is 0.714. The van der Waals surface area contributed by atoms with Crippen molar-refractivity contribution in [3.8, 4) is 11.1 Å². The fourth-order valence-corrected chi connectivity index (χ4v) is 4.58. The molecule has 144 valence electrons. The van der Waals surface area contributed by atoms with E-state index in [1.165, 1.54) is 0 Å². The summed E-state index contributed by atoms with van der Waals surface area (Å²) in [6, 6.07) is 8.42. The number of aryl methyl sites for hydroxylation is 1. The second-order valence-electron chi connectivity index (χ2n) is 7.86. The summed E-state index contributed by atoms with van der Waals surface area (Å²) in [5, 5.41) is 16.5. The number of carbonyl (C=O) groups is 1. The number of benzene rings is 1. The van der Waals surface area contributed by atoms with Gasteiger partial charge in [-0.25, -0.2) is 4.79 Å². The van der Waals surface area contributed by atoms with Crippen molar-refractivity contribution in [3.05, 3.63) is 36.7 Å². The molecule has 5 rings (SSSR count). The van der Waals surface area contributed by atoms with Crippen LogP contribution in [-0.2, 0) is 7.05 Å². The Balaban J connectivity index is 1.39. The molecule has 2 bridgehead atoms. The molecule has 0 saturated carbocycles. The van der Waals surface area contributed by atoms with Crippen LogP contribution < -0.4 is 11.1 Å². The molecule has 2 amide bonds. The fourth-order valence-electron chi connectivity index (χ4n) is 4.58. The Bertz CT molecular complexity index is 1030. The molecule has 3 aromatic rings. The van der Waals surface area contributed by atoms with E-state index in [1.807, 2.05) is 48.6 Å². The summed E-state index contributed by atoms with van der Waals surface area (Å²) in [5.41, 5.74) is 8.98. The number of hydrogen-bond donors (Lipinski definition) is 2. The zero-order valence-corrected chi connectivity index (χ0v) is 15.7. The second-order valence-corrected chi connectivity index (χ2v) is 7.86. The normalized spacial score (nSPS) is 23.9. The van der Waals surface area contributed by atoms with Crippen molar-refractivity contribution in [2.24, 2.45) is 12.8 Å². The lowest BCUT2D eigenvalue weighted by atomic mass is 9.99. The average molecular weight is 377 g/mol. The van der Waals surface area contributed by atoms with Crippen molar-refractivity contribution in [2.45, 2.75) is 43.8 Å². The summed E-state index contributed by atoms with van der Waals surface area (Å²) in [5.74, 6) is 0.468. The molecule has 0 radical (unpaired) electrons. The van der Waals surface area contributed by atoms with Gasteiger partial charge in [-0.15, -0.1) is 10.2 Å². The van der Waals surface area contributed by atoms with Gasteiger partial charge in [0.15, 0.2) is 5.82 Å². The monoisotopic (exact) mass is 377 g/mol. The van der Waals surface area contributed by atoms with E-state index in [2.05, 4.69) is 20.6 Å². The fraction of sp³-hybridized carbons (Fsp3) is 0.400. The maximum absolute atomic E-state index is 12.9. The summed E-state index contributed by atoms with van der Waals surface area (Å²) in [6.07, 6.45) is 7.61. The van der Waals surface area contributed by atoms with E-state index in [0.29, 0.717) is 5.82 Å². The molecule has 3 N–H and O–H groups in total. The van der Waals surface area contributed by atoms with Gasteiger partial charge in [0.2, 0.25) is 0 Å². The smallest absolute Gasteiger partial charge is 0.323 e. The van der Waals surface area contributed by atoms with Crippen LogP contribution in [0.25, 0.3) is 22.0 Å². The average Bonchev–Trinajstić information content (AvgIpc) is 3.22. The van der Waals surface area contributed by atoms with E-state index in [9.17, 15) is 4.79 Å². The Kier molecular flexibility index (Phi) is 4.01. The predicted octanol–water partition coefficient (Wildman–Crippen LogP) is 2.52. The minimum Gasteiger partial charge on any atom is -0.328 e. The molecule has 2 aliphatic rings. The molecule has 3 atom stereocenters. The highest BCUT2D eigenvalue weighted by molar-refractivity contribution is 5.92. The van der Waals surface area contributed by atoms with Crippen LogP contribution in [0.2, 0.25) is 0 Å². The first-order valence-electron chi connectivity index (χ1n) is 9.68. The summed E-state index contributed by atoms with van der Waals surface area (Å²) < 4.78 is 1.77. The van der Waals surface area contributed by atoms with Crippen molar-refractivity contribution < 1.29 is 4.79 Å². The molecule has 28 heavy (non-hydrogen) atoms. The van der Waals surface area contributed by atoms with Crippen molar-refractivity contribution >= 4 is 22.8 Å². The number of nitrogens with one attached hydrogen (secondary N) is 1. The number of aromatic nitrogens is 4. The van der Waals surface area contributed by atoms with Crippen LogP contribution in [-0.4, -0.2) is 49.0 Å². The third-order valence-corrected chi connectivity index (χ3v) is 5.86. The number of carbonyl (C=O) groups excluding carboxylic acids is 1. The minimum absolute atomic E-state index is 0.100. The number of nitrogens with two attached hydrogens (primary N) is 1.